The smallest absolute Gasteiger partial charge is 0.166 e. The van der Waals surface area contributed by atoms with E-state index in [0.717, 1.165) is 37.4 Å². The third kappa shape index (κ3) is 2.45. The highest BCUT2D eigenvalue weighted by molar-refractivity contribution is 5.60. The highest BCUT2D eigenvalue weighted by Crippen LogP contribution is 2.55. The number of nitrogens with zero attached hydrogens (tertiary/aromatic N) is 1. The van der Waals surface area contributed by atoms with Crippen molar-refractivity contribution in [3.8, 4) is 11.5 Å². The highest BCUT2D eigenvalue weighted by atomic mass is 16.5. The first-order valence-corrected chi connectivity index (χ1v) is 9.55. The second kappa shape index (κ2) is 6.44. The van der Waals surface area contributed by atoms with Gasteiger partial charge < -0.3 is 9.47 Å². The van der Waals surface area contributed by atoms with Gasteiger partial charge >= 0.3 is 0 Å². The quantitative estimate of drug-likeness (QED) is 0.766. The molecule has 1 aromatic rings. The van der Waals surface area contributed by atoms with Gasteiger partial charge in [0.2, 0.25) is 0 Å². The summed E-state index contributed by atoms with van der Waals surface area (Å²) in [6, 6.07) is 4.37. The van der Waals surface area contributed by atoms with E-state index in [9.17, 15) is 0 Å². The maximum atomic E-state index is 6.54. The molecule has 0 amide bonds. The van der Waals surface area contributed by atoms with Gasteiger partial charge in [-0.05, 0) is 63.2 Å². The molecule has 24 heavy (non-hydrogen) atoms. The van der Waals surface area contributed by atoms with E-state index < -0.39 is 0 Å². The van der Waals surface area contributed by atoms with Crippen LogP contribution >= 0.6 is 0 Å². The normalized spacial score (nSPS) is 29.0. The van der Waals surface area contributed by atoms with E-state index in [1.807, 2.05) is 0 Å². The van der Waals surface area contributed by atoms with Crippen LogP contribution < -0.4 is 9.47 Å². The zero-order valence-electron chi connectivity index (χ0n) is 15.0. The standard InChI is InChI=1S/C21H29NO2/c1-3-13-22-14-12-21-11-7-5-4-6-8-18(21)24-20-17(23-2)10-9-16(15-22)19(20)21/h7,9-11,18H,3-6,8,12-15H2,1-2H3/t18-,21-/m0/s1. The molecule has 3 nitrogen and oxygen atoms in total. The van der Waals surface area contributed by atoms with E-state index in [0.29, 0.717) is 0 Å². The SMILES string of the molecule is CCCN1CC[C@@]23C=CCCCC[C@@H]2Oc2c(OC)ccc(c23)C1. The van der Waals surface area contributed by atoms with Crippen molar-refractivity contribution in [2.45, 2.75) is 63.5 Å². The number of allylic oxidation sites excluding steroid dienone is 1. The van der Waals surface area contributed by atoms with Crippen LogP contribution in [0.2, 0.25) is 0 Å². The van der Waals surface area contributed by atoms with Gasteiger partial charge in [0, 0.05) is 12.1 Å². The van der Waals surface area contributed by atoms with Crippen molar-refractivity contribution in [1.29, 1.82) is 0 Å². The molecule has 1 spiro atoms. The lowest BCUT2D eigenvalue weighted by atomic mass is 9.70. The Hall–Kier alpha value is -1.48. The molecule has 0 unspecified atom stereocenters. The fourth-order valence-corrected chi connectivity index (χ4v) is 4.86. The van der Waals surface area contributed by atoms with Crippen molar-refractivity contribution in [2.75, 3.05) is 20.2 Å². The van der Waals surface area contributed by atoms with Crippen molar-refractivity contribution in [1.82, 2.24) is 4.90 Å². The van der Waals surface area contributed by atoms with Crippen molar-refractivity contribution in [3.05, 3.63) is 35.4 Å². The third-order valence-corrected chi connectivity index (χ3v) is 6.01. The molecule has 0 saturated heterocycles. The summed E-state index contributed by atoms with van der Waals surface area (Å²) in [5, 5.41) is 0. The Balaban J connectivity index is 1.86. The molecule has 2 aliphatic heterocycles. The number of hydrogen-bond acceptors (Lipinski definition) is 3. The first-order chi connectivity index (χ1) is 11.8. The Kier molecular flexibility index (Phi) is 4.29. The number of rotatable bonds is 3. The van der Waals surface area contributed by atoms with E-state index in [2.05, 4.69) is 36.1 Å². The van der Waals surface area contributed by atoms with Gasteiger partial charge in [0.05, 0.1) is 12.5 Å². The van der Waals surface area contributed by atoms with E-state index in [1.165, 1.54) is 43.4 Å². The number of ether oxygens (including phenoxy) is 2. The molecule has 0 fully saturated rings. The van der Waals surface area contributed by atoms with Gasteiger partial charge in [-0.25, -0.2) is 0 Å². The summed E-state index contributed by atoms with van der Waals surface area (Å²) in [5.74, 6) is 1.92. The molecule has 3 heteroatoms. The van der Waals surface area contributed by atoms with Gasteiger partial charge in [0.1, 0.15) is 6.10 Å². The molecule has 0 N–H and O–H groups in total. The van der Waals surface area contributed by atoms with Crippen molar-refractivity contribution < 1.29 is 9.47 Å². The van der Waals surface area contributed by atoms with Crippen LogP contribution in [0.4, 0.5) is 0 Å². The Morgan fingerprint density at radius 2 is 2.25 bits per heavy atom. The minimum atomic E-state index is 0.0438. The van der Waals surface area contributed by atoms with Crippen molar-refractivity contribution >= 4 is 0 Å². The van der Waals surface area contributed by atoms with E-state index in [4.69, 9.17) is 9.47 Å². The van der Waals surface area contributed by atoms with Gasteiger partial charge in [-0.15, -0.1) is 0 Å². The molecule has 0 saturated carbocycles. The van der Waals surface area contributed by atoms with Crippen LogP contribution in [0.3, 0.4) is 0 Å². The summed E-state index contributed by atoms with van der Waals surface area (Å²) in [6.45, 7) is 5.63. The van der Waals surface area contributed by atoms with Crippen LogP contribution in [-0.2, 0) is 12.0 Å². The minimum Gasteiger partial charge on any atom is -0.493 e. The largest absolute Gasteiger partial charge is 0.493 e. The second-order valence-electron chi connectivity index (χ2n) is 7.49. The Morgan fingerprint density at radius 3 is 3.08 bits per heavy atom. The summed E-state index contributed by atoms with van der Waals surface area (Å²) >= 11 is 0. The topological polar surface area (TPSA) is 21.7 Å². The molecular weight excluding hydrogens is 298 g/mol. The molecule has 2 atom stereocenters. The predicted octanol–water partition coefficient (Wildman–Crippen LogP) is 4.44. The van der Waals surface area contributed by atoms with Crippen LogP contribution in [0.25, 0.3) is 0 Å². The van der Waals surface area contributed by atoms with Crippen molar-refractivity contribution in [2.24, 2.45) is 0 Å². The average molecular weight is 327 g/mol. The Labute approximate surface area is 145 Å². The van der Waals surface area contributed by atoms with Gasteiger partial charge in [0.25, 0.3) is 0 Å². The maximum absolute atomic E-state index is 6.54. The van der Waals surface area contributed by atoms with Crippen LogP contribution in [-0.4, -0.2) is 31.2 Å². The minimum absolute atomic E-state index is 0.0438. The molecule has 0 aromatic heterocycles. The molecular formula is C21H29NO2. The summed E-state index contributed by atoms with van der Waals surface area (Å²) in [7, 11) is 1.75. The molecule has 2 heterocycles. The molecule has 1 aromatic carbocycles. The monoisotopic (exact) mass is 327 g/mol. The Morgan fingerprint density at radius 1 is 1.33 bits per heavy atom. The van der Waals surface area contributed by atoms with Gasteiger partial charge in [-0.2, -0.15) is 0 Å². The van der Waals surface area contributed by atoms with Crippen LogP contribution in [0, 0.1) is 0 Å². The third-order valence-electron chi connectivity index (χ3n) is 6.01. The average Bonchev–Trinajstić information content (AvgIpc) is 2.78. The van der Waals surface area contributed by atoms with E-state index in [-0.39, 0.29) is 11.5 Å². The number of benzene rings is 1. The zero-order chi connectivity index (χ0) is 16.6. The summed E-state index contributed by atoms with van der Waals surface area (Å²) < 4.78 is 12.2. The first-order valence-electron chi connectivity index (χ1n) is 9.55. The highest BCUT2D eigenvalue weighted by Gasteiger charge is 2.50. The fraction of sp³-hybridized carbons (Fsp3) is 0.619. The summed E-state index contributed by atoms with van der Waals surface area (Å²) in [4.78, 5) is 2.61. The maximum Gasteiger partial charge on any atom is 0.166 e. The molecule has 0 bridgehead atoms. The van der Waals surface area contributed by atoms with E-state index in [1.54, 1.807) is 7.11 Å². The molecule has 130 valence electrons. The van der Waals surface area contributed by atoms with Gasteiger partial charge in [0.15, 0.2) is 11.5 Å². The first kappa shape index (κ1) is 16.0. The lowest BCUT2D eigenvalue weighted by molar-refractivity contribution is 0.136. The van der Waals surface area contributed by atoms with Crippen molar-refractivity contribution in [3.63, 3.8) is 0 Å². The summed E-state index contributed by atoms with van der Waals surface area (Å²) in [5.41, 5.74) is 2.90. The Bertz CT molecular complexity index is 639. The number of hydrogen-bond donors (Lipinski definition) is 0. The predicted molar refractivity (Wildman–Crippen MR) is 96.9 cm³/mol. The zero-order valence-corrected chi connectivity index (χ0v) is 15.0. The lowest BCUT2D eigenvalue weighted by Crippen LogP contribution is -2.38. The fourth-order valence-electron chi connectivity index (χ4n) is 4.86. The lowest BCUT2D eigenvalue weighted by Gasteiger charge is -2.33. The van der Waals surface area contributed by atoms with Gasteiger partial charge in [-0.1, -0.05) is 25.1 Å². The van der Waals surface area contributed by atoms with Crippen LogP contribution in [0.5, 0.6) is 11.5 Å². The molecule has 4 rings (SSSR count). The van der Waals surface area contributed by atoms with Gasteiger partial charge in [-0.3, -0.25) is 4.90 Å². The van der Waals surface area contributed by atoms with E-state index >= 15 is 0 Å². The molecule has 3 aliphatic rings. The second-order valence-corrected chi connectivity index (χ2v) is 7.49. The molecule has 1 aliphatic carbocycles. The number of methoxy groups -OCH3 is 1. The molecule has 0 radical (unpaired) electrons. The van der Waals surface area contributed by atoms with Crippen LogP contribution in [0.1, 0.15) is 56.6 Å². The summed E-state index contributed by atoms with van der Waals surface area (Å²) in [6.07, 6.45) is 12.4. The van der Waals surface area contributed by atoms with Crippen LogP contribution in [0.15, 0.2) is 24.3 Å².